The quantitative estimate of drug-likeness (QED) is 0.892. The van der Waals surface area contributed by atoms with Gasteiger partial charge in [-0.05, 0) is 36.3 Å². The molecule has 2 aliphatic rings. The Morgan fingerprint density at radius 3 is 2.67 bits per heavy atom. The molecule has 0 bridgehead atoms. The van der Waals surface area contributed by atoms with Gasteiger partial charge in [0.2, 0.25) is 5.91 Å². The Bertz CT molecular complexity index is 569. The van der Waals surface area contributed by atoms with Gasteiger partial charge in [0.15, 0.2) is 0 Å². The molecule has 1 saturated carbocycles. The van der Waals surface area contributed by atoms with Crippen LogP contribution in [0.25, 0.3) is 0 Å². The van der Waals surface area contributed by atoms with Crippen molar-refractivity contribution in [2.45, 2.75) is 32.1 Å². The zero-order valence-corrected chi connectivity index (χ0v) is 12.2. The molecule has 1 amide bonds. The number of aliphatic carboxylic acids is 1. The van der Waals surface area contributed by atoms with E-state index >= 15 is 0 Å². The average Bonchev–Trinajstić information content (AvgIpc) is 2.82. The number of carbonyl (C=O) groups excluding carboxylic acids is 1. The van der Waals surface area contributed by atoms with Crippen molar-refractivity contribution in [3.05, 3.63) is 35.4 Å². The highest BCUT2D eigenvalue weighted by atomic mass is 16.4. The molecule has 4 heteroatoms. The van der Waals surface area contributed by atoms with Crippen LogP contribution >= 0.6 is 0 Å². The summed E-state index contributed by atoms with van der Waals surface area (Å²) in [5, 5.41) is 12.2. The van der Waals surface area contributed by atoms with E-state index in [0.29, 0.717) is 31.2 Å². The van der Waals surface area contributed by atoms with E-state index in [2.05, 4.69) is 17.4 Å². The van der Waals surface area contributed by atoms with Gasteiger partial charge < -0.3 is 10.4 Å². The van der Waals surface area contributed by atoms with E-state index in [0.717, 1.165) is 6.42 Å². The monoisotopic (exact) mass is 287 g/mol. The molecule has 21 heavy (non-hydrogen) atoms. The number of amides is 1. The minimum Gasteiger partial charge on any atom is -0.481 e. The van der Waals surface area contributed by atoms with Crippen LogP contribution in [0.4, 0.5) is 0 Å². The maximum atomic E-state index is 12.3. The van der Waals surface area contributed by atoms with Crippen LogP contribution in [0.1, 0.15) is 36.8 Å². The van der Waals surface area contributed by atoms with Crippen LogP contribution < -0.4 is 5.32 Å². The lowest BCUT2D eigenvalue weighted by Crippen LogP contribution is -2.39. The molecule has 3 rings (SSSR count). The van der Waals surface area contributed by atoms with Gasteiger partial charge in [-0.15, -0.1) is 0 Å². The summed E-state index contributed by atoms with van der Waals surface area (Å²) in [6.45, 7) is 2.64. The third kappa shape index (κ3) is 2.67. The molecule has 1 fully saturated rings. The lowest BCUT2D eigenvalue weighted by atomic mass is 9.77. The predicted molar refractivity (Wildman–Crippen MR) is 78.9 cm³/mol. The molecule has 4 atom stereocenters. The fourth-order valence-electron chi connectivity index (χ4n) is 3.75. The van der Waals surface area contributed by atoms with E-state index in [9.17, 15) is 14.7 Å². The Kier molecular flexibility index (Phi) is 3.70. The lowest BCUT2D eigenvalue weighted by Gasteiger charge is -2.30. The maximum Gasteiger partial charge on any atom is 0.307 e. The number of nitrogens with one attached hydrogen (secondary N) is 1. The van der Waals surface area contributed by atoms with Crippen molar-refractivity contribution in [1.29, 1.82) is 0 Å². The summed E-state index contributed by atoms with van der Waals surface area (Å²) in [5.74, 6) is -1.12. The van der Waals surface area contributed by atoms with E-state index in [1.807, 2.05) is 19.1 Å². The summed E-state index contributed by atoms with van der Waals surface area (Å²) < 4.78 is 0. The summed E-state index contributed by atoms with van der Waals surface area (Å²) in [6, 6.07) is 8.27. The fourth-order valence-corrected chi connectivity index (χ4v) is 3.75. The summed E-state index contributed by atoms with van der Waals surface area (Å²) in [4.78, 5) is 23.5. The van der Waals surface area contributed by atoms with E-state index in [4.69, 9.17) is 0 Å². The highest BCUT2D eigenvalue weighted by Crippen LogP contribution is 2.37. The van der Waals surface area contributed by atoms with Gasteiger partial charge in [0.25, 0.3) is 0 Å². The lowest BCUT2D eigenvalue weighted by molar-refractivity contribution is -0.146. The van der Waals surface area contributed by atoms with Crippen LogP contribution in [-0.4, -0.2) is 23.5 Å². The molecule has 1 aromatic carbocycles. The minimum atomic E-state index is -0.839. The molecule has 0 spiro atoms. The number of hydrogen-bond donors (Lipinski definition) is 2. The van der Waals surface area contributed by atoms with Crippen molar-refractivity contribution >= 4 is 11.9 Å². The number of carbonyl (C=O) groups is 2. The Labute approximate surface area is 124 Å². The van der Waals surface area contributed by atoms with Gasteiger partial charge in [0, 0.05) is 12.5 Å². The number of carboxylic acid groups (broad SMARTS) is 1. The molecule has 0 heterocycles. The third-order valence-corrected chi connectivity index (χ3v) is 4.94. The van der Waals surface area contributed by atoms with Crippen molar-refractivity contribution in [2.75, 3.05) is 6.54 Å². The van der Waals surface area contributed by atoms with Crippen LogP contribution in [0.3, 0.4) is 0 Å². The Morgan fingerprint density at radius 2 is 1.95 bits per heavy atom. The predicted octanol–water partition coefficient (Wildman–Crippen LogP) is 2.19. The molecule has 4 nitrogen and oxygen atoms in total. The van der Waals surface area contributed by atoms with E-state index in [1.54, 1.807) is 0 Å². The van der Waals surface area contributed by atoms with Crippen LogP contribution in [0, 0.1) is 17.8 Å². The normalized spacial score (nSPS) is 30.3. The van der Waals surface area contributed by atoms with Gasteiger partial charge in [-0.25, -0.2) is 0 Å². The maximum absolute atomic E-state index is 12.3. The second-order valence-corrected chi connectivity index (χ2v) is 6.47. The topological polar surface area (TPSA) is 66.4 Å². The zero-order chi connectivity index (χ0) is 15.0. The van der Waals surface area contributed by atoms with Crippen LogP contribution in [0.2, 0.25) is 0 Å². The van der Waals surface area contributed by atoms with E-state index in [1.165, 1.54) is 11.1 Å². The summed E-state index contributed by atoms with van der Waals surface area (Å²) in [6.07, 6.45) is 2.30. The van der Waals surface area contributed by atoms with Crippen LogP contribution in [-0.2, 0) is 16.0 Å². The number of hydrogen-bond acceptors (Lipinski definition) is 2. The first-order chi connectivity index (χ1) is 10.1. The standard InChI is InChI=1S/C17H21NO3/c1-10-6-14(15(7-10)17(20)21)16(19)18-9-12-8-11-4-2-3-5-13(11)12/h2-5,10,12,14-15H,6-9H2,1H3,(H,18,19)(H,20,21). The van der Waals surface area contributed by atoms with Gasteiger partial charge in [0.05, 0.1) is 11.8 Å². The highest BCUT2D eigenvalue weighted by molar-refractivity contribution is 5.85. The Balaban J connectivity index is 1.57. The van der Waals surface area contributed by atoms with Crippen molar-refractivity contribution < 1.29 is 14.7 Å². The van der Waals surface area contributed by atoms with Gasteiger partial charge in [-0.3, -0.25) is 9.59 Å². The van der Waals surface area contributed by atoms with Crippen molar-refractivity contribution in [2.24, 2.45) is 17.8 Å². The molecule has 0 saturated heterocycles. The van der Waals surface area contributed by atoms with Gasteiger partial charge in [-0.2, -0.15) is 0 Å². The molecule has 4 unspecified atom stereocenters. The first-order valence-corrected chi connectivity index (χ1v) is 7.64. The molecule has 0 aromatic heterocycles. The number of rotatable bonds is 4. The number of carboxylic acids is 1. The first kappa shape index (κ1) is 14.1. The molecule has 0 radical (unpaired) electrons. The number of benzene rings is 1. The summed E-state index contributed by atoms with van der Waals surface area (Å²) in [7, 11) is 0. The van der Waals surface area contributed by atoms with Crippen LogP contribution in [0.15, 0.2) is 24.3 Å². The average molecular weight is 287 g/mol. The Hall–Kier alpha value is -1.84. The zero-order valence-electron chi connectivity index (χ0n) is 12.2. The highest BCUT2D eigenvalue weighted by Gasteiger charge is 2.41. The van der Waals surface area contributed by atoms with Crippen LogP contribution in [0.5, 0.6) is 0 Å². The van der Waals surface area contributed by atoms with Gasteiger partial charge >= 0.3 is 5.97 Å². The van der Waals surface area contributed by atoms with E-state index in [-0.39, 0.29) is 11.8 Å². The summed E-state index contributed by atoms with van der Waals surface area (Å²) in [5.41, 5.74) is 2.67. The second kappa shape index (κ2) is 5.51. The Morgan fingerprint density at radius 1 is 1.24 bits per heavy atom. The molecule has 0 aliphatic heterocycles. The van der Waals surface area contributed by atoms with Crippen molar-refractivity contribution in [3.63, 3.8) is 0 Å². The van der Waals surface area contributed by atoms with Crippen molar-refractivity contribution in [3.8, 4) is 0 Å². The van der Waals surface area contributed by atoms with Gasteiger partial charge in [-0.1, -0.05) is 31.2 Å². The molecule has 2 aliphatic carbocycles. The molecule has 2 N–H and O–H groups in total. The van der Waals surface area contributed by atoms with Gasteiger partial charge in [0.1, 0.15) is 0 Å². The number of fused-ring (bicyclic) bond motifs is 1. The third-order valence-electron chi connectivity index (χ3n) is 4.94. The fraction of sp³-hybridized carbons (Fsp3) is 0.529. The van der Waals surface area contributed by atoms with E-state index < -0.39 is 11.9 Å². The first-order valence-electron chi connectivity index (χ1n) is 7.64. The SMILES string of the molecule is CC1CC(C(=O)O)C(C(=O)NCC2Cc3ccccc32)C1. The molecular weight excluding hydrogens is 266 g/mol. The van der Waals surface area contributed by atoms with Crippen molar-refractivity contribution in [1.82, 2.24) is 5.32 Å². The second-order valence-electron chi connectivity index (χ2n) is 6.47. The smallest absolute Gasteiger partial charge is 0.307 e. The summed E-state index contributed by atoms with van der Waals surface area (Å²) >= 11 is 0. The molecule has 112 valence electrons. The largest absolute Gasteiger partial charge is 0.481 e. The minimum absolute atomic E-state index is 0.0869. The molecule has 1 aromatic rings. The molecular formula is C17H21NO3.